The molecule has 1 fully saturated rings. The third-order valence-electron chi connectivity index (χ3n) is 5.79. The third-order valence-corrected chi connectivity index (χ3v) is 6.71. The molecule has 9 heteroatoms. The summed E-state index contributed by atoms with van der Waals surface area (Å²) >= 11 is 1.36. The summed E-state index contributed by atoms with van der Waals surface area (Å²) in [6.07, 6.45) is 6.40. The molecule has 3 amide bonds. The highest BCUT2D eigenvalue weighted by molar-refractivity contribution is 7.10. The van der Waals surface area contributed by atoms with Gasteiger partial charge in [0, 0.05) is 16.6 Å². The van der Waals surface area contributed by atoms with E-state index >= 15 is 0 Å². The second kappa shape index (κ2) is 11.1. The molecule has 4 rings (SSSR count). The highest BCUT2D eigenvalue weighted by Crippen LogP contribution is 2.31. The zero-order valence-corrected chi connectivity index (χ0v) is 19.4. The van der Waals surface area contributed by atoms with Crippen molar-refractivity contribution in [1.29, 1.82) is 0 Å². The number of thiophene rings is 1. The maximum atomic E-state index is 13.7. The monoisotopic (exact) mass is 483 g/mol. The van der Waals surface area contributed by atoms with Crippen molar-refractivity contribution < 1.29 is 23.2 Å². The van der Waals surface area contributed by atoms with Crippen LogP contribution in [-0.4, -0.2) is 30.3 Å². The van der Waals surface area contributed by atoms with Crippen molar-refractivity contribution in [3.05, 3.63) is 76.6 Å². The molecule has 1 unspecified atom stereocenters. The highest BCUT2D eigenvalue weighted by Gasteiger charge is 2.35. The van der Waals surface area contributed by atoms with Gasteiger partial charge in [-0.1, -0.05) is 25.3 Å². The lowest BCUT2D eigenvalue weighted by Crippen LogP contribution is -2.49. The zero-order valence-electron chi connectivity index (χ0n) is 18.5. The Labute approximate surface area is 200 Å². The number of nitrogens with one attached hydrogen (secondary N) is 2. The van der Waals surface area contributed by atoms with Crippen LogP contribution < -0.4 is 15.5 Å². The van der Waals surface area contributed by atoms with Crippen LogP contribution >= 0.6 is 11.3 Å². The van der Waals surface area contributed by atoms with Gasteiger partial charge in [0.05, 0.1) is 12.8 Å². The van der Waals surface area contributed by atoms with E-state index < -0.39 is 23.7 Å². The number of rotatable bonds is 8. The number of hydrogen-bond acceptors (Lipinski definition) is 5. The van der Waals surface area contributed by atoms with Gasteiger partial charge in [-0.05, 0) is 60.7 Å². The lowest BCUT2D eigenvalue weighted by atomic mass is 9.95. The molecule has 0 saturated heterocycles. The number of carbonyl (C=O) groups excluding carboxylic acids is 3. The van der Waals surface area contributed by atoms with Crippen LogP contribution in [0.2, 0.25) is 0 Å². The second-order valence-corrected chi connectivity index (χ2v) is 9.14. The van der Waals surface area contributed by atoms with Gasteiger partial charge in [0.1, 0.15) is 11.9 Å². The average Bonchev–Trinajstić information content (AvgIpc) is 3.57. The molecule has 1 aliphatic carbocycles. The van der Waals surface area contributed by atoms with Crippen LogP contribution in [0.5, 0.6) is 0 Å². The average molecular weight is 484 g/mol. The molecule has 0 spiro atoms. The maximum absolute atomic E-state index is 13.7. The van der Waals surface area contributed by atoms with E-state index in [1.54, 1.807) is 12.1 Å². The molecule has 1 saturated carbocycles. The Balaban J connectivity index is 1.62. The topological polar surface area (TPSA) is 91.7 Å². The maximum Gasteiger partial charge on any atom is 0.287 e. The Morgan fingerprint density at radius 2 is 1.82 bits per heavy atom. The SMILES string of the molecule is O=C(NCC(=O)N(c1ccc(F)cc1)C(C(=O)NC1CCCCC1)c1cccs1)c1ccco1. The summed E-state index contributed by atoms with van der Waals surface area (Å²) in [6, 6.07) is 11.1. The number of nitrogens with zero attached hydrogens (tertiary/aromatic N) is 1. The first kappa shape index (κ1) is 23.7. The minimum absolute atomic E-state index is 0.0486. The van der Waals surface area contributed by atoms with Gasteiger partial charge in [0.15, 0.2) is 5.76 Å². The Morgan fingerprint density at radius 3 is 2.47 bits per heavy atom. The van der Waals surface area contributed by atoms with Crippen LogP contribution in [0.3, 0.4) is 0 Å². The van der Waals surface area contributed by atoms with E-state index in [9.17, 15) is 18.8 Å². The summed E-state index contributed by atoms with van der Waals surface area (Å²) in [5, 5.41) is 7.48. The number of anilines is 1. The van der Waals surface area contributed by atoms with E-state index in [0.717, 1.165) is 32.1 Å². The minimum atomic E-state index is -0.958. The molecule has 0 radical (unpaired) electrons. The molecule has 1 aromatic carbocycles. The predicted molar refractivity (Wildman–Crippen MR) is 127 cm³/mol. The van der Waals surface area contributed by atoms with Gasteiger partial charge in [-0.15, -0.1) is 11.3 Å². The Hall–Kier alpha value is -3.46. The molecule has 7 nitrogen and oxygen atoms in total. The van der Waals surface area contributed by atoms with Crippen molar-refractivity contribution >= 4 is 34.7 Å². The standard InChI is InChI=1S/C25H26FN3O4S/c26-17-10-12-19(13-11-17)29(22(30)16-27-24(31)20-8-4-14-33-20)23(21-9-5-15-34-21)25(32)28-18-6-2-1-3-7-18/h4-5,8-15,18,23H,1-3,6-7,16H2,(H,27,31)(H,28,32). The Kier molecular flexibility index (Phi) is 7.74. The van der Waals surface area contributed by atoms with Crippen molar-refractivity contribution in [2.75, 3.05) is 11.4 Å². The first-order valence-electron chi connectivity index (χ1n) is 11.3. The van der Waals surface area contributed by atoms with Crippen LogP contribution in [0.25, 0.3) is 0 Å². The summed E-state index contributed by atoms with van der Waals surface area (Å²) in [7, 11) is 0. The molecule has 0 aliphatic heterocycles. The molecule has 0 bridgehead atoms. The lowest BCUT2D eigenvalue weighted by Gasteiger charge is -2.32. The summed E-state index contributed by atoms with van der Waals surface area (Å²) in [5.41, 5.74) is 0.357. The van der Waals surface area contributed by atoms with E-state index in [2.05, 4.69) is 10.6 Å². The summed E-state index contributed by atoms with van der Waals surface area (Å²) in [6.45, 7) is -0.366. The summed E-state index contributed by atoms with van der Waals surface area (Å²) in [5.74, 6) is -1.74. The Morgan fingerprint density at radius 1 is 1.06 bits per heavy atom. The number of hydrogen-bond donors (Lipinski definition) is 2. The van der Waals surface area contributed by atoms with Gasteiger partial charge in [-0.25, -0.2) is 4.39 Å². The molecule has 1 aliphatic rings. The van der Waals surface area contributed by atoms with Crippen molar-refractivity contribution in [3.8, 4) is 0 Å². The Bertz CT molecular complexity index is 1090. The van der Waals surface area contributed by atoms with Crippen LogP contribution in [-0.2, 0) is 9.59 Å². The molecule has 2 N–H and O–H groups in total. The quantitative estimate of drug-likeness (QED) is 0.496. The van der Waals surface area contributed by atoms with E-state index in [1.165, 1.54) is 52.8 Å². The number of halogens is 1. The molecule has 1 atom stereocenters. The number of amides is 3. The highest BCUT2D eigenvalue weighted by atomic mass is 32.1. The van der Waals surface area contributed by atoms with Crippen LogP contribution in [0.4, 0.5) is 10.1 Å². The van der Waals surface area contributed by atoms with Gasteiger partial charge < -0.3 is 15.1 Å². The molecule has 34 heavy (non-hydrogen) atoms. The van der Waals surface area contributed by atoms with Crippen LogP contribution in [0.1, 0.15) is 53.6 Å². The summed E-state index contributed by atoms with van der Waals surface area (Å²) in [4.78, 5) is 41.3. The van der Waals surface area contributed by atoms with Crippen molar-refractivity contribution in [3.63, 3.8) is 0 Å². The lowest BCUT2D eigenvalue weighted by molar-refractivity contribution is -0.126. The van der Waals surface area contributed by atoms with Crippen molar-refractivity contribution in [1.82, 2.24) is 10.6 Å². The molecule has 3 aromatic rings. The number of carbonyl (C=O) groups is 3. The van der Waals surface area contributed by atoms with Gasteiger partial charge in [-0.3, -0.25) is 19.3 Å². The van der Waals surface area contributed by atoms with Crippen molar-refractivity contribution in [2.24, 2.45) is 0 Å². The predicted octanol–water partition coefficient (Wildman–Crippen LogP) is 4.43. The van der Waals surface area contributed by atoms with Gasteiger partial charge in [-0.2, -0.15) is 0 Å². The van der Waals surface area contributed by atoms with Gasteiger partial charge in [0.25, 0.3) is 5.91 Å². The molecular weight excluding hydrogens is 457 g/mol. The van der Waals surface area contributed by atoms with E-state index in [0.29, 0.717) is 10.6 Å². The molecule has 2 aromatic heterocycles. The van der Waals surface area contributed by atoms with Gasteiger partial charge >= 0.3 is 0 Å². The third kappa shape index (κ3) is 5.72. The van der Waals surface area contributed by atoms with E-state index in [1.807, 2.05) is 11.4 Å². The first-order chi connectivity index (χ1) is 16.5. The fourth-order valence-corrected chi connectivity index (χ4v) is 4.94. The van der Waals surface area contributed by atoms with Crippen molar-refractivity contribution in [2.45, 2.75) is 44.2 Å². The number of benzene rings is 1. The van der Waals surface area contributed by atoms with E-state index in [-0.39, 0.29) is 24.3 Å². The smallest absolute Gasteiger partial charge is 0.287 e. The second-order valence-electron chi connectivity index (χ2n) is 8.16. The minimum Gasteiger partial charge on any atom is -0.459 e. The normalized spacial score (nSPS) is 14.9. The molecular formula is C25H26FN3O4S. The van der Waals surface area contributed by atoms with E-state index in [4.69, 9.17) is 4.42 Å². The van der Waals surface area contributed by atoms with Crippen LogP contribution in [0.15, 0.2) is 64.6 Å². The fourth-order valence-electron chi connectivity index (χ4n) is 4.12. The summed E-state index contributed by atoms with van der Waals surface area (Å²) < 4.78 is 18.7. The first-order valence-corrected chi connectivity index (χ1v) is 12.1. The zero-order chi connectivity index (χ0) is 23.9. The molecule has 178 valence electrons. The fraction of sp³-hybridized carbons (Fsp3) is 0.320. The number of furan rings is 1. The largest absolute Gasteiger partial charge is 0.459 e. The van der Waals surface area contributed by atoms with Crippen LogP contribution in [0, 0.1) is 5.82 Å². The molecule has 2 heterocycles. The van der Waals surface area contributed by atoms with Gasteiger partial charge in [0.2, 0.25) is 11.8 Å².